The molecule has 0 amide bonds. The van der Waals surface area contributed by atoms with E-state index in [9.17, 15) is 0 Å². The van der Waals surface area contributed by atoms with Crippen molar-refractivity contribution < 1.29 is 0 Å². The van der Waals surface area contributed by atoms with E-state index in [1.807, 2.05) is 0 Å². The van der Waals surface area contributed by atoms with Crippen LogP contribution in [0.5, 0.6) is 0 Å². The lowest BCUT2D eigenvalue weighted by atomic mass is 9.96. The van der Waals surface area contributed by atoms with Crippen molar-refractivity contribution in [3.8, 4) is 0 Å². The minimum Gasteiger partial charge on any atom is -0.329 e. The Bertz CT molecular complexity index is 417. The Hall–Kier alpha value is -0.510. The van der Waals surface area contributed by atoms with Gasteiger partial charge in [-0.05, 0) is 31.4 Å². The zero-order chi connectivity index (χ0) is 13.9. The molecule has 1 atom stereocenters. The normalized spacial score (nSPS) is 21.3. The summed E-state index contributed by atoms with van der Waals surface area (Å²) in [5.74, 6) is 1.21. The Morgan fingerprint density at radius 1 is 1.37 bits per heavy atom. The van der Waals surface area contributed by atoms with E-state index in [0.29, 0.717) is 17.3 Å². The highest BCUT2D eigenvalue weighted by Gasteiger charge is 2.31. The summed E-state index contributed by atoms with van der Waals surface area (Å²) in [5, 5.41) is 0. The van der Waals surface area contributed by atoms with Crippen LogP contribution in [0.3, 0.4) is 0 Å². The molecule has 106 valence electrons. The molecule has 1 unspecified atom stereocenters. The Morgan fingerprint density at radius 2 is 2.11 bits per heavy atom. The molecular weight excluding hydrogens is 252 g/mol. The molecule has 1 aliphatic heterocycles. The fraction of sp³-hybridized carbons (Fsp3) is 0.625. The second-order valence-electron chi connectivity index (χ2n) is 5.88. The number of nitrogens with zero attached hydrogens (tertiary/aromatic N) is 1. The van der Waals surface area contributed by atoms with Gasteiger partial charge in [0.1, 0.15) is 0 Å². The number of aryl methyl sites for hydroxylation is 1. The molecule has 1 saturated heterocycles. The third-order valence-corrected chi connectivity index (χ3v) is 5.21. The van der Waals surface area contributed by atoms with E-state index in [1.54, 1.807) is 0 Å². The third-order valence-electron chi connectivity index (χ3n) is 3.91. The van der Waals surface area contributed by atoms with Crippen LogP contribution < -0.4 is 5.73 Å². The predicted octanol–water partition coefficient (Wildman–Crippen LogP) is 3.08. The number of hydrogen-bond donors (Lipinski definition) is 1. The maximum atomic E-state index is 6.10. The van der Waals surface area contributed by atoms with Crippen LogP contribution in [0, 0.1) is 0 Å². The van der Waals surface area contributed by atoms with Crippen molar-refractivity contribution in [2.24, 2.45) is 5.73 Å². The van der Waals surface area contributed by atoms with Crippen molar-refractivity contribution in [2.45, 2.75) is 38.0 Å². The van der Waals surface area contributed by atoms with Gasteiger partial charge in [-0.2, -0.15) is 11.8 Å². The van der Waals surface area contributed by atoms with Gasteiger partial charge in [0.2, 0.25) is 0 Å². The first-order chi connectivity index (χ1) is 9.07. The topological polar surface area (TPSA) is 29.3 Å². The summed E-state index contributed by atoms with van der Waals surface area (Å²) in [4.78, 5) is 2.57. The average molecular weight is 278 g/mol. The number of thioether (sulfide) groups is 1. The standard InChI is InChI=1S/C16H26N2S/c1-4-13-7-5-6-8-14(13)15(11-17)18-9-10-19-16(2,3)12-18/h5-8,15H,4,9-12,17H2,1-3H3. The molecule has 3 heteroatoms. The predicted molar refractivity (Wildman–Crippen MR) is 85.7 cm³/mol. The van der Waals surface area contributed by atoms with Crippen LogP contribution in [0.25, 0.3) is 0 Å². The van der Waals surface area contributed by atoms with Crippen molar-refractivity contribution in [2.75, 3.05) is 25.4 Å². The molecule has 1 fully saturated rings. The number of nitrogens with two attached hydrogens (primary N) is 1. The van der Waals surface area contributed by atoms with Crippen molar-refractivity contribution in [1.82, 2.24) is 4.90 Å². The highest BCUT2D eigenvalue weighted by molar-refractivity contribution is 8.00. The molecule has 2 N–H and O–H groups in total. The largest absolute Gasteiger partial charge is 0.329 e. The lowest BCUT2D eigenvalue weighted by Crippen LogP contribution is -2.46. The maximum Gasteiger partial charge on any atom is 0.0474 e. The van der Waals surface area contributed by atoms with Gasteiger partial charge in [0.25, 0.3) is 0 Å². The zero-order valence-corrected chi connectivity index (χ0v) is 13.2. The molecule has 0 saturated carbocycles. The van der Waals surface area contributed by atoms with E-state index in [1.165, 1.54) is 16.9 Å². The van der Waals surface area contributed by atoms with E-state index in [0.717, 1.165) is 19.5 Å². The summed E-state index contributed by atoms with van der Waals surface area (Å²) in [6, 6.07) is 9.14. The van der Waals surface area contributed by atoms with Crippen LogP contribution in [0.4, 0.5) is 0 Å². The minimum absolute atomic E-state index is 0.340. The van der Waals surface area contributed by atoms with E-state index < -0.39 is 0 Å². The van der Waals surface area contributed by atoms with Crippen LogP contribution in [0.1, 0.15) is 37.9 Å². The molecule has 1 aliphatic rings. The molecule has 1 aromatic rings. The highest BCUT2D eigenvalue weighted by atomic mass is 32.2. The average Bonchev–Trinajstić information content (AvgIpc) is 2.39. The fourth-order valence-corrected chi connectivity index (χ4v) is 4.11. The maximum absolute atomic E-state index is 6.10. The molecule has 1 heterocycles. The molecule has 2 nitrogen and oxygen atoms in total. The van der Waals surface area contributed by atoms with Gasteiger partial charge in [-0.25, -0.2) is 0 Å². The summed E-state index contributed by atoms with van der Waals surface area (Å²) >= 11 is 2.07. The van der Waals surface area contributed by atoms with Gasteiger partial charge in [-0.1, -0.05) is 31.2 Å². The summed E-state index contributed by atoms with van der Waals surface area (Å²) in [6.45, 7) is 9.87. The quantitative estimate of drug-likeness (QED) is 0.918. The Kier molecular flexibility index (Phi) is 4.93. The Labute approximate surface area is 121 Å². The van der Waals surface area contributed by atoms with E-state index >= 15 is 0 Å². The van der Waals surface area contributed by atoms with Gasteiger partial charge in [0, 0.05) is 36.2 Å². The summed E-state index contributed by atoms with van der Waals surface area (Å²) in [6.07, 6.45) is 1.08. The van der Waals surface area contributed by atoms with Crippen molar-refractivity contribution in [1.29, 1.82) is 0 Å². The summed E-state index contributed by atoms with van der Waals surface area (Å²) < 4.78 is 0.340. The Balaban J connectivity index is 2.24. The third kappa shape index (κ3) is 3.53. The molecule has 2 rings (SSSR count). The molecule has 1 aromatic carbocycles. The van der Waals surface area contributed by atoms with Gasteiger partial charge in [-0.3, -0.25) is 4.90 Å². The van der Waals surface area contributed by atoms with Crippen molar-refractivity contribution in [3.63, 3.8) is 0 Å². The number of hydrogen-bond acceptors (Lipinski definition) is 3. The van der Waals surface area contributed by atoms with Gasteiger partial charge in [0.15, 0.2) is 0 Å². The second kappa shape index (κ2) is 6.29. The molecule has 0 aliphatic carbocycles. The zero-order valence-electron chi connectivity index (χ0n) is 12.4. The smallest absolute Gasteiger partial charge is 0.0474 e. The summed E-state index contributed by atoms with van der Waals surface area (Å²) in [7, 11) is 0. The van der Waals surface area contributed by atoms with Crippen LogP contribution in [0.2, 0.25) is 0 Å². The molecule has 0 bridgehead atoms. The molecule has 0 spiro atoms. The van der Waals surface area contributed by atoms with E-state index in [4.69, 9.17) is 5.73 Å². The minimum atomic E-state index is 0.340. The lowest BCUT2D eigenvalue weighted by molar-refractivity contribution is 0.191. The van der Waals surface area contributed by atoms with Gasteiger partial charge < -0.3 is 5.73 Å². The molecular formula is C16H26N2S. The van der Waals surface area contributed by atoms with E-state index in [-0.39, 0.29) is 0 Å². The first-order valence-corrected chi connectivity index (χ1v) is 8.22. The van der Waals surface area contributed by atoms with Crippen molar-refractivity contribution >= 4 is 11.8 Å². The summed E-state index contributed by atoms with van der Waals surface area (Å²) in [5.41, 5.74) is 8.96. The fourth-order valence-electron chi connectivity index (χ4n) is 2.97. The first kappa shape index (κ1) is 14.9. The second-order valence-corrected chi connectivity index (χ2v) is 7.68. The Morgan fingerprint density at radius 3 is 2.74 bits per heavy atom. The first-order valence-electron chi connectivity index (χ1n) is 7.23. The molecule has 19 heavy (non-hydrogen) atoms. The van der Waals surface area contributed by atoms with Crippen LogP contribution in [-0.4, -0.2) is 35.0 Å². The van der Waals surface area contributed by atoms with Crippen molar-refractivity contribution in [3.05, 3.63) is 35.4 Å². The molecule has 0 radical (unpaired) electrons. The monoisotopic (exact) mass is 278 g/mol. The SMILES string of the molecule is CCc1ccccc1C(CN)N1CCSC(C)(C)C1. The number of rotatable bonds is 4. The van der Waals surface area contributed by atoms with Gasteiger partial charge in [0.05, 0.1) is 0 Å². The highest BCUT2D eigenvalue weighted by Crippen LogP contribution is 2.34. The van der Waals surface area contributed by atoms with E-state index in [2.05, 4.69) is 61.7 Å². The van der Waals surface area contributed by atoms with Gasteiger partial charge >= 0.3 is 0 Å². The van der Waals surface area contributed by atoms with Gasteiger partial charge in [-0.15, -0.1) is 0 Å². The molecule has 0 aromatic heterocycles. The van der Waals surface area contributed by atoms with Crippen LogP contribution in [-0.2, 0) is 6.42 Å². The van der Waals surface area contributed by atoms with Crippen LogP contribution in [0.15, 0.2) is 24.3 Å². The number of benzene rings is 1. The van der Waals surface area contributed by atoms with Crippen LogP contribution >= 0.6 is 11.8 Å². The lowest BCUT2D eigenvalue weighted by Gasteiger charge is -2.42.